The minimum absolute atomic E-state index is 0.177. The van der Waals surface area contributed by atoms with E-state index in [1.807, 2.05) is 13.8 Å². The summed E-state index contributed by atoms with van der Waals surface area (Å²) in [7, 11) is -3.42. The Bertz CT molecular complexity index is 499. The number of thiazole rings is 1. The molecule has 1 N–H and O–H groups in total. The van der Waals surface area contributed by atoms with Crippen LogP contribution in [0, 0.1) is 19.8 Å². The van der Waals surface area contributed by atoms with Crippen LogP contribution >= 0.6 is 11.3 Å². The Balaban J connectivity index is 2.76. The van der Waals surface area contributed by atoms with Crippen LogP contribution in [0.2, 0.25) is 0 Å². The molecule has 0 radical (unpaired) electrons. The van der Waals surface area contributed by atoms with Crippen LogP contribution in [0.25, 0.3) is 0 Å². The highest BCUT2D eigenvalue weighted by molar-refractivity contribution is 7.90. The molecule has 0 aliphatic rings. The van der Waals surface area contributed by atoms with E-state index in [-0.39, 0.29) is 11.5 Å². The highest BCUT2D eigenvalue weighted by atomic mass is 32.2. The van der Waals surface area contributed by atoms with Gasteiger partial charge in [-0.1, -0.05) is 6.92 Å². The Morgan fingerprint density at radius 2 is 2.06 bits per heavy atom. The number of aryl methyl sites for hydroxylation is 2. The summed E-state index contributed by atoms with van der Waals surface area (Å²) in [5, 5.41) is 9.21. The third-order valence-corrected chi connectivity index (χ3v) is 5.32. The van der Waals surface area contributed by atoms with Crippen molar-refractivity contribution >= 4 is 27.1 Å². The molecule has 5 nitrogen and oxygen atoms in total. The predicted molar refractivity (Wildman–Crippen MR) is 65.9 cm³/mol. The van der Waals surface area contributed by atoms with Crippen molar-refractivity contribution in [3.05, 3.63) is 15.6 Å². The molecule has 7 heteroatoms. The van der Waals surface area contributed by atoms with E-state index in [2.05, 4.69) is 4.98 Å². The molecule has 0 fully saturated rings. The van der Waals surface area contributed by atoms with Crippen molar-refractivity contribution in [1.82, 2.24) is 4.98 Å². The zero-order valence-electron chi connectivity index (χ0n) is 9.93. The zero-order chi connectivity index (χ0) is 13.2. The van der Waals surface area contributed by atoms with Gasteiger partial charge in [-0.25, -0.2) is 13.4 Å². The lowest BCUT2D eigenvalue weighted by Crippen LogP contribution is -2.22. The molecular weight excluding hydrogens is 262 g/mol. The van der Waals surface area contributed by atoms with E-state index in [0.29, 0.717) is 5.01 Å². The summed E-state index contributed by atoms with van der Waals surface area (Å²) in [6.45, 7) is 5.09. The van der Waals surface area contributed by atoms with Crippen molar-refractivity contribution in [2.24, 2.45) is 5.92 Å². The minimum atomic E-state index is -3.42. The van der Waals surface area contributed by atoms with Crippen LogP contribution in [-0.2, 0) is 20.4 Å². The van der Waals surface area contributed by atoms with Gasteiger partial charge in [-0.3, -0.25) is 4.79 Å². The number of nitrogens with zero attached hydrogens (tertiary/aromatic N) is 1. The van der Waals surface area contributed by atoms with Crippen molar-refractivity contribution in [3.63, 3.8) is 0 Å². The number of aliphatic carboxylic acids is 1. The van der Waals surface area contributed by atoms with Gasteiger partial charge in [0.2, 0.25) is 0 Å². The Kier molecular flexibility index (Phi) is 4.26. The third-order valence-electron chi connectivity index (χ3n) is 2.34. The molecule has 0 amide bonds. The number of sulfone groups is 1. The number of hydrogen-bond acceptors (Lipinski definition) is 5. The molecule has 1 unspecified atom stereocenters. The van der Waals surface area contributed by atoms with Gasteiger partial charge < -0.3 is 5.11 Å². The lowest BCUT2D eigenvalue weighted by Gasteiger charge is -2.05. The Morgan fingerprint density at radius 3 is 2.47 bits per heavy atom. The second kappa shape index (κ2) is 5.14. The SMILES string of the molecule is Cc1nc(CS(=O)(=O)CC(C)C(=O)O)sc1C. The second-order valence-electron chi connectivity index (χ2n) is 4.04. The molecule has 0 aliphatic carbocycles. The summed E-state index contributed by atoms with van der Waals surface area (Å²) in [6.07, 6.45) is 0. The molecule has 0 aromatic carbocycles. The van der Waals surface area contributed by atoms with Crippen LogP contribution in [0.4, 0.5) is 0 Å². The Hall–Kier alpha value is -0.950. The molecule has 0 spiro atoms. The maximum atomic E-state index is 11.7. The van der Waals surface area contributed by atoms with Crippen LogP contribution < -0.4 is 0 Å². The first kappa shape index (κ1) is 14.1. The molecule has 0 aliphatic heterocycles. The largest absolute Gasteiger partial charge is 0.481 e. The quantitative estimate of drug-likeness (QED) is 0.879. The van der Waals surface area contributed by atoms with E-state index in [1.54, 1.807) is 0 Å². The number of hydrogen-bond donors (Lipinski definition) is 1. The van der Waals surface area contributed by atoms with Gasteiger partial charge in [0.05, 0.1) is 17.4 Å². The molecular formula is C10H15NO4S2. The van der Waals surface area contributed by atoms with E-state index in [1.165, 1.54) is 18.3 Å². The number of carboxylic acids is 1. The van der Waals surface area contributed by atoms with Crippen molar-refractivity contribution in [2.75, 3.05) is 5.75 Å². The summed E-state index contributed by atoms with van der Waals surface area (Å²) in [6, 6.07) is 0. The van der Waals surface area contributed by atoms with Gasteiger partial charge in [0, 0.05) is 4.88 Å². The summed E-state index contributed by atoms with van der Waals surface area (Å²) < 4.78 is 23.5. The molecule has 1 aromatic rings. The van der Waals surface area contributed by atoms with Crippen molar-refractivity contribution in [3.8, 4) is 0 Å². The molecule has 0 saturated heterocycles. The average molecular weight is 277 g/mol. The molecule has 1 heterocycles. The maximum absolute atomic E-state index is 11.7. The molecule has 0 saturated carbocycles. The van der Waals surface area contributed by atoms with Crippen LogP contribution in [0.5, 0.6) is 0 Å². The summed E-state index contributed by atoms with van der Waals surface area (Å²) in [5.74, 6) is -2.51. The molecule has 1 rings (SSSR count). The van der Waals surface area contributed by atoms with E-state index in [4.69, 9.17) is 5.11 Å². The van der Waals surface area contributed by atoms with Crippen molar-refractivity contribution in [1.29, 1.82) is 0 Å². The zero-order valence-corrected chi connectivity index (χ0v) is 11.6. The molecule has 1 aromatic heterocycles. The number of rotatable bonds is 5. The standard InChI is InChI=1S/C10H15NO4S2/c1-6(10(12)13)4-17(14,15)5-9-11-7(2)8(3)16-9/h6H,4-5H2,1-3H3,(H,12,13). The van der Waals surface area contributed by atoms with Gasteiger partial charge in [0.1, 0.15) is 10.8 Å². The first-order valence-corrected chi connectivity index (χ1v) is 7.71. The van der Waals surface area contributed by atoms with E-state index >= 15 is 0 Å². The van der Waals surface area contributed by atoms with Crippen LogP contribution in [-0.4, -0.2) is 30.2 Å². The van der Waals surface area contributed by atoms with Crippen LogP contribution in [0.1, 0.15) is 22.5 Å². The van der Waals surface area contributed by atoms with Gasteiger partial charge in [-0.2, -0.15) is 0 Å². The van der Waals surface area contributed by atoms with Gasteiger partial charge in [-0.15, -0.1) is 11.3 Å². The molecule has 17 heavy (non-hydrogen) atoms. The second-order valence-corrected chi connectivity index (χ2v) is 7.44. The monoisotopic (exact) mass is 277 g/mol. The topological polar surface area (TPSA) is 84.3 Å². The smallest absolute Gasteiger partial charge is 0.307 e. The van der Waals surface area contributed by atoms with E-state index in [0.717, 1.165) is 10.6 Å². The van der Waals surface area contributed by atoms with Gasteiger partial charge >= 0.3 is 5.97 Å². The van der Waals surface area contributed by atoms with Gasteiger partial charge in [0.25, 0.3) is 0 Å². The van der Waals surface area contributed by atoms with E-state index in [9.17, 15) is 13.2 Å². The normalized spacial score (nSPS) is 13.6. The van der Waals surface area contributed by atoms with E-state index < -0.39 is 21.7 Å². The minimum Gasteiger partial charge on any atom is -0.481 e. The Morgan fingerprint density at radius 1 is 1.47 bits per heavy atom. The van der Waals surface area contributed by atoms with Gasteiger partial charge in [0.15, 0.2) is 9.84 Å². The number of carbonyl (C=O) groups is 1. The Labute approximate surface area is 104 Å². The van der Waals surface area contributed by atoms with Crippen LogP contribution in [0.15, 0.2) is 0 Å². The third kappa shape index (κ3) is 4.08. The highest BCUT2D eigenvalue weighted by Gasteiger charge is 2.22. The highest BCUT2D eigenvalue weighted by Crippen LogP contribution is 2.19. The lowest BCUT2D eigenvalue weighted by molar-refractivity contribution is -0.140. The van der Waals surface area contributed by atoms with Gasteiger partial charge in [-0.05, 0) is 13.8 Å². The number of aromatic nitrogens is 1. The average Bonchev–Trinajstić information content (AvgIpc) is 2.43. The maximum Gasteiger partial charge on any atom is 0.307 e. The fourth-order valence-electron chi connectivity index (χ4n) is 1.30. The number of carboxylic acid groups (broad SMARTS) is 1. The first-order chi connectivity index (χ1) is 7.71. The lowest BCUT2D eigenvalue weighted by atomic mass is 10.2. The summed E-state index contributed by atoms with van der Waals surface area (Å²) in [5.41, 5.74) is 0.825. The fraction of sp³-hybridized carbons (Fsp3) is 0.600. The first-order valence-electron chi connectivity index (χ1n) is 5.07. The molecule has 96 valence electrons. The van der Waals surface area contributed by atoms with Crippen molar-refractivity contribution in [2.45, 2.75) is 26.5 Å². The van der Waals surface area contributed by atoms with Crippen molar-refractivity contribution < 1.29 is 18.3 Å². The fourth-order valence-corrected chi connectivity index (χ4v) is 4.27. The predicted octanol–water partition coefficient (Wildman–Crippen LogP) is 1.40. The summed E-state index contributed by atoms with van der Waals surface area (Å²) >= 11 is 1.34. The molecule has 1 atom stereocenters. The molecule has 0 bridgehead atoms. The van der Waals surface area contributed by atoms with Crippen LogP contribution in [0.3, 0.4) is 0 Å². The summed E-state index contributed by atoms with van der Waals surface area (Å²) in [4.78, 5) is 15.7.